The molecule has 0 atom stereocenters. The summed E-state index contributed by atoms with van der Waals surface area (Å²) in [7, 11) is 0. The number of ether oxygens (including phenoxy) is 2. The molecule has 94 valence electrons. The number of hydrogen-bond acceptors (Lipinski definition) is 5. The van der Waals surface area contributed by atoms with E-state index >= 15 is 0 Å². The monoisotopic (exact) mass is 283 g/mol. The second-order valence-corrected chi connectivity index (χ2v) is 4.61. The van der Waals surface area contributed by atoms with Crippen molar-refractivity contribution >= 4 is 29.2 Å². The molecule has 0 amide bonds. The highest BCUT2D eigenvalue weighted by Gasteiger charge is 2.10. The third-order valence-electron chi connectivity index (χ3n) is 2.04. The summed E-state index contributed by atoms with van der Waals surface area (Å²) < 4.78 is 10.8. The van der Waals surface area contributed by atoms with E-state index in [1.807, 2.05) is 6.92 Å². The Morgan fingerprint density at radius 2 is 2.00 bits per heavy atom. The second-order valence-electron chi connectivity index (χ2n) is 3.26. The quantitative estimate of drug-likeness (QED) is 0.783. The van der Waals surface area contributed by atoms with Crippen molar-refractivity contribution in [3.63, 3.8) is 0 Å². The summed E-state index contributed by atoms with van der Waals surface area (Å²) in [6.07, 6.45) is 0.658. The van der Waals surface area contributed by atoms with Crippen LogP contribution in [0.15, 0.2) is 24.3 Å². The fraction of sp³-hybridized carbons (Fsp3) is 0.167. The van der Waals surface area contributed by atoms with Crippen LogP contribution < -0.4 is 9.47 Å². The SMILES string of the molecule is CCOc1ccc(Oc2nc(Cl)c(C=O)s2)cc1. The highest BCUT2D eigenvalue weighted by molar-refractivity contribution is 7.15. The molecule has 0 N–H and O–H groups in total. The average molecular weight is 284 g/mol. The Kier molecular flexibility index (Phi) is 4.17. The highest BCUT2D eigenvalue weighted by Crippen LogP contribution is 2.31. The number of aldehydes is 1. The first-order chi connectivity index (χ1) is 8.72. The van der Waals surface area contributed by atoms with Gasteiger partial charge in [-0.3, -0.25) is 4.79 Å². The molecule has 0 radical (unpaired) electrons. The molecule has 0 aliphatic carbocycles. The van der Waals surface area contributed by atoms with Crippen molar-refractivity contribution in [1.29, 1.82) is 0 Å². The second kappa shape index (κ2) is 5.84. The van der Waals surface area contributed by atoms with Gasteiger partial charge in [0.2, 0.25) is 0 Å². The fourth-order valence-electron chi connectivity index (χ4n) is 1.28. The van der Waals surface area contributed by atoms with E-state index in [2.05, 4.69) is 4.98 Å². The van der Waals surface area contributed by atoms with Gasteiger partial charge >= 0.3 is 0 Å². The summed E-state index contributed by atoms with van der Waals surface area (Å²) in [4.78, 5) is 14.9. The lowest BCUT2D eigenvalue weighted by molar-refractivity contribution is 0.112. The standard InChI is InChI=1S/C12H10ClNO3S/c1-2-16-8-3-5-9(6-4-8)17-12-14-11(13)10(7-15)18-12/h3-7H,2H2,1H3. The highest BCUT2D eigenvalue weighted by atomic mass is 35.5. The van der Waals surface area contributed by atoms with Crippen LogP contribution in [0.4, 0.5) is 0 Å². The molecule has 6 heteroatoms. The van der Waals surface area contributed by atoms with Crippen LogP contribution in [-0.2, 0) is 0 Å². The van der Waals surface area contributed by atoms with Crippen LogP contribution in [0.5, 0.6) is 16.7 Å². The summed E-state index contributed by atoms with van der Waals surface area (Å²) in [5.41, 5.74) is 0. The minimum atomic E-state index is 0.163. The molecule has 0 aliphatic rings. The molecule has 18 heavy (non-hydrogen) atoms. The maximum atomic E-state index is 10.6. The summed E-state index contributed by atoms with van der Waals surface area (Å²) >= 11 is 6.85. The lowest BCUT2D eigenvalue weighted by atomic mass is 10.3. The van der Waals surface area contributed by atoms with Gasteiger partial charge in [-0.25, -0.2) is 0 Å². The number of rotatable bonds is 5. The normalized spacial score (nSPS) is 10.1. The molecule has 0 aliphatic heterocycles. The lowest BCUT2D eigenvalue weighted by Crippen LogP contribution is -1.90. The Hall–Kier alpha value is -1.59. The van der Waals surface area contributed by atoms with Crippen molar-refractivity contribution in [3.8, 4) is 16.7 Å². The molecule has 0 unspecified atom stereocenters. The van der Waals surface area contributed by atoms with Crippen molar-refractivity contribution in [2.45, 2.75) is 6.92 Å². The molecule has 2 aromatic rings. The number of carbonyl (C=O) groups excluding carboxylic acids is 1. The van der Waals surface area contributed by atoms with Gasteiger partial charge in [-0.05, 0) is 31.2 Å². The summed E-state index contributed by atoms with van der Waals surface area (Å²) in [5, 5.41) is 0.502. The number of carbonyl (C=O) groups is 1. The number of hydrogen-bond donors (Lipinski definition) is 0. The third kappa shape index (κ3) is 3.00. The van der Waals surface area contributed by atoms with Crippen LogP contribution in [0.2, 0.25) is 5.15 Å². The molecule has 0 saturated carbocycles. The Labute approximate surface area is 113 Å². The first kappa shape index (κ1) is 12.9. The molecule has 1 aromatic carbocycles. The molecule has 2 rings (SSSR count). The van der Waals surface area contributed by atoms with E-state index in [4.69, 9.17) is 21.1 Å². The summed E-state index contributed by atoms with van der Waals surface area (Å²) in [6, 6.07) is 7.13. The zero-order valence-electron chi connectivity index (χ0n) is 9.55. The molecule has 1 heterocycles. The fourth-order valence-corrected chi connectivity index (χ4v) is 2.21. The first-order valence-electron chi connectivity index (χ1n) is 5.25. The Bertz CT molecular complexity index is 539. The predicted octanol–water partition coefficient (Wildman–Crippen LogP) is 3.80. The molecule has 0 saturated heterocycles. The Balaban J connectivity index is 2.10. The van der Waals surface area contributed by atoms with Crippen molar-refractivity contribution in [3.05, 3.63) is 34.3 Å². The summed E-state index contributed by atoms with van der Waals surface area (Å²) in [5.74, 6) is 1.39. The van der Waals surface area contributed by atoms with E-state index in [0.29, 0.717) is 28.7 Å². The first-order valence-corrected chi connectivity index (χ1v) is 6.44. The van der Waals surface area contributed by atoms with Gasteiger partial charge < -0.3 is 9.47 Å². The van der Waals surface area contributed by atoms with E-state index in [1.165, 1.54) is 0 Å². The zero-order chi connectivity index (χ0) is 13.0. The van der Waals surface area contributed by atoms with Gasteiger partial charge in [-0.2, -0.15) is 4.98 Å². The minimum absolute atomic E-state index is 0.163. The number of nitrogens with zero attached hydrogens (tertiary/aromatic N) is 1. The largest absolute Gasteiger partial charge is 0.494 e. The van der Waals surface area contributed by atoms with E-state index in [0.717, 1.165) is 17.1 Å². The molecule has 1 aromatic heterocycles. The van der Waals surface area contributed by atoms with E-state index in [1.54, 1.807) is 24.3 Å². The molecular weight excluding hydrogens is 274 g/mol. The van der Waals surface area contributed by atoms with Crippen LogP contribution in [-0.4, -0.2) is 17.9 Å². The lowest BCUT2D eigenvalue weighted by Gasteiger charge is -2.04. The van der Waals surface area contributed by atoms with Crippen LogP contribution in [0.1, 0.15) is 16.6 Å². The van der Waals surface area contributed by atoms with Crippen LogP contribution in [0.3, 0.4) is 0 Å². The summed E-state index contributed by atoms with van der Waals surface area (Å²) in [6.45, 7) is 2.54. The van der Waals surface area contributed by atoms with E-state index in [-0.39, 0.29) is 5.15 Å². The van der Waals surface area contributed by atoms with Gasteiger partial charge in [0, 0.05) is 0 Å². The van der Waals surface area contributed by atoms with Crippen molar-refractivity contribution in [1.82, 2.24) is 4.98 Å². The minimum Gasteiger partial charge on any atom is -0.494 e. The van der Waals surface area contributed by atoms with E-state index < -0.39 is 0 Å². The molecule has 0 bridgehead atoms. The van der Waals surface area contributed by atoms with Crippen LogP contribution in [0, 0.1) is 0 Å². The van der Waals surface area contributed by atoms with Gasteiger partial charge in [0.25, 0.3) is 5.19 Å². The van der Waals surface area contributed by atoms with Gasteiger partial charge in [0.15, 0.2) is 11.4 Å². The van der Waals surface area contributed by atoms with Crippen LogP contribution in [0.25, 0.3) is 0 Å². The van der Waals surface area contributed by atoms with Gasteiger partial charge in [-0.1, -0.05) is 22.9 Å². The Morgan fingerprint density at radius 1 is 1.33 bits per heavy atom. The van der Waals surface area contributed by atoms with Crippen LogP contribution >= 0.6 is 22.9 Å². The van der Waals surface area contributed by atoms with Gasteiger partial charge in [-0.15, -0.1) is 0 Å². The van der Waals surface area contributed by atoms with E-state index in [9.17, 15) is 4.79 Å². The Morgan fingerprint density at radius 3 is 2.56 bits per heavy atom. The van der Waals surface area contributed by atoms with Crippen molar-refractivity contribution in [2.24, 2.45) is 0 Å². The smallest absolute Gasteiger partial charge is 0.280 e. The maximum Gasteiger partial charge on any atom is 0.280 e. The van der Waals surface area contributed by atoms with Crippen molar-refractivity contribution < 1.29 is 14.3 Å². The number of aromatic nitrogens is 1. The topological polar surface area (TPSA) is 48.4 Å². The molecule has 0 spiro atoms. The van der Waals surface area contributed by atoms with Gasteiger partial charge in [0.05, 0.1) is 6.61 Å². The number of benzene rings is 1. The zero-order valence-corrected chi connectivity index (χ0v) is 11.1. The molecule has 0 fully saturated rings. The average Bonchev–Trinajstić information content (AvgIpc) is 2.72. The van der Waals surface area contributed by atoms with Gasteiger partial charge in [0.1, 0.15) is 16.4 Å². The molecular formula is C12H10ClNO3S. The van der Waals surface area contributed by atoms with Crippen molar-refractivity contribution in [2.75, 3.05) is 6.61 Å². The number of thiazole rings is 1. The third-order valence-corrected chi connectivity index (χ3v) is 3.30. The number of halogens is 1. The maximum absolute atomic E-state index is 10.6. The molecule has 4 nitrogen and oxygen atoms in total. The predicted molar refractivity (Wildman–Crippen MR) is 70.2 cm³/mol.